The second kappa shape index (κ2) is 3.39. The molecule has 60 valence electrons. The van der Waals surface area contributed by atoms with E-state index >= 15 is 0 Å². The van der Waals surface area contributed by atoms with Crippen molar-refractivity contribution in [1.82, 2.24) is 3.71 Å². The van der Waals surface area contributed by atoms with Gasteiger partial charge in [0.05, 0.1) is 0 Å². The van der Waals surface area contributed by atoms with Crippen LogP contribution in [0.4, 0.5) is 4.79 Å². The van der Waals surface area contributed by atoms with Crippen molar-refractivity contribution < 1.29 is 9.53 Å². The van der Waals surface area contributed by atoms with Gasteiger partial charge in [-0.2, -0.15) is 3.71 Å². The Bertz CT molecular complexity index is 130. The molecule has 0 rings (SSSR count). The number of carbonyl (C=O) groups excluding carboxylic acids is 1. The Labute approximate surface area is 71.8 Å². The summed E-state index contributed by atoms with van der Waals surface area (Å²) in [7, 11) is 0. The Morgan fingerprint density at radius 2 is 1.80 bits per heavy atom. The second-order valence-electron chi connectivity index (χ2n) is 2.77. The standard InChI is InChI=1S/C5H11NO2S2/c1-5(2,3)8-4(7)6(9)10/h9-10H,1-3H3. The molecule has 0 saturated heterocycles. The summed E-state index contributed by atoms with van der Waals surface area (Å²) < 4.78 is 5.63. The third-order valence-corrected chi connectivity index (χ3v) is 0.883. The maximum atomic E-state index is 10.7. The molecule has 0 spiro atoms. The van der Waals surface area contributed by atoms with E-state index in [1.54, 1.807) is 20.8 Å². The molecule has 0 unspecified atom stereocenters. The molecule has 0 aromatic heterocycles. The van der Waals surface area contributed by atoms with Gasteiger partial charge in [0.15, 0.2) is 0 Å². The molecule has 0 aromatic carbocycles. The summed E-state index contributed by atoms with van der Waals surface area (Å²) in [5, 5.41) is 0. The fraction of sp³-hybridized carbons (Fsp3) is 0.800. The van der Waals surface area contributed by atoms with Gasteiger partial charge >= 0.3 is 6.09 Å². The topological polar surface area (TPSA) is 29.5 Å². The van der Waals surface area contributed by atoms with Crippen LogP contribution in [0.15, 0.2) is 0 Å². The molecule has 0 N–H and O–H groups in total. The predicted octanol–water partition coefficient (Wildman–Crippen LogP) is 1.91. The van der Waals surface area contributed by atoms with Crippen LogP contribution in [0.25, 0.3) is 0 Å². The first-order valence-corrected chi connectivity index (χ1v) is 3.54. The van der Waals surface area contributed by atoms with Crippen molar-refractivity contribution in [3.05, 3.63) is 0 Å². The SMILES string of the molecule is CC(C)(C)OC(=O)N(S)S. The number of hydrogen-bond acceptors (Lipinski definition) is 4. The fourth-order valence-electron chi connectivity index (χ4n) is 0.303. The average molecular weight is 181 g/mol. The van der Waals surface area contributed by atoms with E-state index < -0.39 is 11.7 Å². The number of rotatable bonds is 0. The minimum atomic E-state index is -0.570. The molecule has 0 heterocycles. The van der Waals surface area contributed by atoms with Gasteiger partial charge in [0.2, 0.25) is 0 Å². The Hall–Kier alpha value is -0.0300. The lowest BCUT2D eigenvalue weighted by atomic mass is 10.2. The summed E-state index contributed by atoms with van der Waals surface area (Å²) >= 11 is 7.26. The molecule has 0 radical (unpaired) electrons. The van der Waals surface area contributed by atoms with Gasteiger partial charge in [0, 0.05) is 0 Å². The van der Waals surface area contributed by atoms with Crippen LogP contribution in [-0.2, 0) is 4.74 Å². The van der Waals surface area contributed by atoms with E-state index in [2.05, 4.69) is 25.6 Å². The van der Waals surface area contributed by atoms with Gasteiger partial charge < -0.3 is 4.74 Å². The van der Waals surface area contributed by atoms with Gasteiger partial charge in [-0.15, -0.1) is 0 Å². The summed E-state index contributed by atoms with van der Waals surface area (Å²) in [6.07, 6.45) is -0.570. The lowest BCUT2D eigenvalue weighted by Gasteiger charge is -2.20. The average Bonchev–Trinajstić information content (AvgIpc) is 1.60. The van der Waals surface area contributed by atoms with Crippen molar-refractivity contribution in [2.75, 3.05) is 0 Å². The number of carbonyl (C=O) groups is 1. The lowest BCUT2D eigenvalue weighted by molar-refractivity contribution is 0.0499. The largest absolute Gasteiger partial charge is 0.442 e. The maximum Gasteiger partial charge on any atom is 0.430 e. The van der Waals surface area contributed by atoms with Gasteiger partial charge in [-0.3, -0.25) is 0 Å². The van der Waals surface area contributed by atoms with Crippen LogP contribution in [-0.4, -0.2) is 15.4 Å². The highest BCUT2D eigenvalue weighted by atomic mass is 32.2. The molecular weight excluding hydrogens is 170 g/mol. The highest BCUT2D eigenvalue weighted by Gasteiger charge is 2.17. The molecule has 3 nitrogen and oxygen atoms in total. The molecule has 0 aliphatic rings. The normalized spacial score (nSPS) is 10.9. The molecular formula is C5H11NO2S2. The summed E-state index contributed by atoms with van der Waals surface area (Å²) in [5.41, 5.74) is -0.485. The summed E-state index contributed by atoms with van der Waals surface area (Å²) in [4.78, 5) is 10.7. The van der Waals surface area contributed by atoms with Crippen LogP contribution in [0, 0.1) is 0 Å². The minimum Gasteiger partial charge on any atom is -0.442 e. The Kier molecular flexibility index (Phi) is 3.38. The van der Waals surface area contributed by atoms with Crippen LogP contribution < -0.4 is 0 Å². The number of ether oxygens (including phenoxy) is 1. The summed E-state index contributed by atoms with van der Waals surface area (Å²) in [5.74, 6) is 0. The molecule has 1 amide bonds. The highest BCUT2D eigenvalue weighted by molar-refractivity contribution is 7.94. The van der Waals surface area contributed by atoms with Gasteiger partial charge in [-0.05, 0) is 46.4 Å². The number of amides is 1. The van der Waals surface area contributed by atoms with Crippen LogP contribution in [0.3, 0.4) is 0 Å². The first kappa shape index (κ1) is 9.97. The molecule has 5 heteroatoms. The first-order valence-electron chi connectivity index (χ1n) is 2.74. The van der Waals surface area contributed by atoms with Crippen LogP contribution in [0.5, 0.6) is 0 Å². The third-order valence-electron chi connectivity index (χ3n) is 0.557. The monoisotopic (exact) mass is 181 g/mol. The number of hydrogen-bond donors (Lipinski definition) is 2. The molecule has 10 heavy (non-hydrogen) atoms. The van der Waals surface area contributed by atoms with E-state index in [1.807, 2.05) is 0 Å². The van der Waals surface area contributed by atoms with Crippen molar-refractivity contribution >= 4 is 31.7 Å². The summed E-state index contributed by atoms with van der Waals surface area (Å²) in [6, 6.07) is 0. The van der Waals surface area contributed by atoms with E-state index in [4.69, 9.17) is 4.74 Å². The molecule has 0 saturated carbocycles. The van der Waals surface area contributed by atoms with Crippen LogP contribution >= 0.6 is 25.6 Å². The quantitative estimate of drug-likeness (QED) is 0.559. The van der Waals surface area contributed by atoms with Crippen molar-refractivity contribution in [3.63, 3.8) is 0 Å². The Morgan fingerprint density at radius 1 is 1.40 bits per heavy atom. The van der Waals surface area contributed by atoms with E-state index in [9.17, 15) is 4.79 Å². The van der Waals surface area contributed by atoms with Gasteiger partial charge in [0.25, 0.3) is 0 Å². The fourth-order valence-corrected chi connectivity index (χ4v) is 0.384. The van der Waals surface area contributed by atoms with Crippen molar-refractivity contribution in [2.45, 2.75) is 26.4 Å². The first-order chi connectivity index (χ1) is 4.33. The third kappa shape index (κ3) is 4.81. The smallest absolute Gasteiger partial charge is 0.430 e. The zero-order chi connectivity index (χ0) is 8.36. The van der Waals surface area contributed by atoms with Crippen molar-refractivity contribution in [3.8, 4) is 0 Å². The van der Waals surface area contributed by atoms with E-state index in [0.29, 0.717) is 0 Å². The highest BCUT2D eigenvalue weighted by Crippen LogP contribution is 2.11. The van der Waals surface area contributed by atoms with Gasteiger partial charge in [-0.25, -0.2) is 4.79 Å². The minimum absolute atomic E-state index is 0.485. The molecule has 0 aliphatic heterocycles. The van der Waals surface area contributed by atoms with Gasteiger partial charge in [0.1, 0.15) is 5.60 Å². The van der Waals surface area contributed by atoms with E-state index in [1.165, 1.54) is 0 Å². The zero-order valence-electron chi connectivity index (χ0n) is 6.16. The zero-order valence-corrected chi connectivity index (χ0v) is 7.95. The molecule has 0 atom stereocenters. The second-order valence-corrected chi connectivity index (χ2v) is 3.89. The molecule has 0 bridgehead atoms. The van der Waals surface area contributed by atoms with E-state index in [-0.39, 0.29) is 0 Å². The molecule has 0 fully saturated rings. The molecule has 0 aromatic rings. The van der Waals surface area contributed by atoms with Crippen LogP contribution in [0.2, 0.25) is 0 Å². The molecule has 0 aliphatic carbocycles. The van der Waals surface area contributed by atoms with Crippen molar-refractivity contribution in [2.24, 2.45) is 0 Å². The predicted molar refractivity (Wildman–Crippen MR) is 46.0 cm³/mol. The van der Waals surface area contributed by atoms with Crippen LogP contribution in [0.1, 0.15) is 20.8 Å². The number of nitrogens with zero attached hydrogens (tertiary/aromatic N) is 1. The van der Waals surface area contributed by atoms with Crippen molar-refractivity contribution in [1.29, 1.82) is 0 Å². The summed E-state index contributed by atoms with van der Waals surface area (Å²) in [6.45, 7) is 5.32. The Balaban J connectivity index is 3.81. The Morgan fingerprint density at radius 3 is 1.90 bits per heavy atom. The van der Waals surface area contributed by atoms with Gasteiger partial charge in [-0.1, -0.05) is 0 Å². The number of thiol groups is 2. The van der Waals surface area contributed by atoms with E-state index in [0.717, 1.165) is 3.71 Å². The lowest BCUT2D eigenvalue weighted by Crippen LogP contribution is -2.27. The maximum absolute atomic E-state index is 10.7.